The third-order valence-electron chi connectivity index (χ3n) is 3.98. The van der Waals surface area contributed by atoms with Crippen LogP contribution in [-0.4, -0.2) is 49.2 Å². The molecule has 0 radical (unpaired) electrons. The van der Waals surface area contributed by atoms with Gasteiger partial charge < -0.3 is 9.84 Å². The van der Waals surface area contributed by atoms with Crippen LogP contribution in [0.3, 0.4) is 0 Å². The highest BCUT2D eigenvalue weighted by Gasteiger charge is 2.48. The lowest BCUT2D eigenvalue weighted by Crippen LogP contribution is -2.46. The van der Waals surface area contributed by atoms with Crippen LogP contribution in [-0.2, 0) is 19.4 Å². The van der Waals surface area contributed by atoms with Crippen molar-refractivity contribution in [2.45, 2.75) is 24.2 Å². The number of aliphatic carboxylic acids is 1. The fourth-order valence-corrected chi connectivity index (χ4v) is 3.55. The van der Waals surface area contributed by atoms with Gasteiger partial charge in [0.1, 0.15) is 6.10 Å². The van der Waals surface area contributed by atoms with E-state index < -0.39 is 32.8 Å². The van der Waals surface area contributed by atoms with Gasteiger partial charge in [0.2, 0.25) is 0 Å². The molecule has 1 aromatic carbocycles. The molecule has 2 atom stereocenters. The zero-order valence-electron chi connectivity index (χ0n) is 12.8. The van der Waals surface area contributed by atoms with Crippen LogP contribution in [0.15, 0.2) is 22.7 Å². The minimum atomic E-state index is -3.90. The van der Waals surface area contributed by atoms with Gasteiger partial charge in [0.25, 0.3) is 0 Å². The van der Waals surface area contributed by atoms with Crippen LogP contribution in [0, 0.1) is 0 Å². The molecule has 1 fully saturated rings. The summed E-state index contributed by atoms with van der Waals surface area (Å²) in [5.41, 5.74) is 0.479. The van der Waals surface area contributed by atoms with Gasteiger partial charge in [0.15, 0.2) is 14.6 Å². The van der Waals surface area contributed by atoms with E-state index in [2.05, 4.69) is 15.9 Å². The van der Waals surface area contributed by atoms with Crippen molar-refractivity contribution in [3.05, 3.63) is 27.7 Å². The minimum absolute atomic E-state index is 0.0369. The Morgan fingerprint density at radius 2 is 2.17 bits per heavy atom. The van der Waals surface area contributed by atoms with E-state index in [1.54, 1.807) is 18.2 Å². The van der Waals surface area contributed by atoms with E-state index in [4.69, 9.17) is 16.3 Å². The molecule has 0 aliphatic carbocycles. The number of carbonyl (C=O) groups excluding carboxylic acids is 1. The molecule has 10 heteroatoms. The van der Waals surface area contributed by atoms with Crippen molar-refractivity contribution in [3.8, 4) is 0 Å². The van der Waals surface area contributed by atoms with Crippen LogP contribution < -0.4 is 4.90 Å². The molecule has 1 N–H and O–H groups in total. The average molecular weight is 441 g/mol. The van der Waals surface area contributed by atoms with Crippen molar-refractivity contribution in [2.75, 3.05) is 17.7 Å². The molecular formula is C14H15BrClNO6S. The third-order valence-corrected chi connectivity index (χ3v) is 7.19. The highest BCUT2D eigenvalue weighted by molar-refractivity contribution is 9.10. The number of halogens is 2. The van der Waals surface area contributed by atoms with Crippen LogP contribution in [0.5, 0.6) is 0 Å². The SMILES string of the molecule is CC(CC1CN(c2ccc(Br)c(Cl)c2)C(=O)O1)(C(=O)O)S(C)(=O)=O. The van der Waals surface area contributed by atoms with Crippen LogP contribution >= 0.6 is 27.5 Å². The lowest BCUT2D eigenvalue weighted by Gasteiger charge is -2.24. The second-order valence-corrected chi connectivity index (χ2v) is 9.43. The maximum Gasteiger partial charge on any atom is 0.414 e. The van der Waals surface area contributed by atoms with Gasteiger partial charge in [-0.3, -0.25) is 9.69 Å². The summed E-state index contributed by atoms with van der Waals surface area (Å²) >= 11 is 9.25. The smallest absolute Gasteiger partial charge is 0.414 e. The second-order valence-electron chi connectivity index (χ2n) is 5.73. The van der Waals surface area contributed by atoms with Crippen LogP contribution in [0.1, 0.15) is 13.3 Å². The number of sulfone groups is 1. The number of benzene rings is 1. The van der Waals surface area contributed by atoms with Crippen molar-refractivity contribution in [3.63, 3.8) is 0 Å². The number of nitrogens with zero attached hydrogens (tertiary/aromatic N) is 1. The second kappa shape index (κ2) is 6.53. The molecular weight excluding hydrogens is 426 g/mol. The summed E-state index contributed by atoms with van der Waals surface area (Å²) in [5.74, 6) is -1.48. The molecule has 0 saturated carbocycles. The summed E-state index contributed by atoms with van der Waals surface area (Å²) < 4.78 is 27.4. The molecule has 0 bridgehead atoms. The average Bonchev–Trinajstić information content (AvgIpc) is 2.81. The van der Waals surface area contributed by atoms with E-state index >= 15 is 0 Å². The first kappa shape index (κ1) is 19.0. The Balaban J connectivity index is 2.23. The molecule has 0 aromatic heterocycles. The lowest BCUT2D eigenvalue weighted by atomic mass is 10.0. The van der Waals surface area contributed by atoms with Gasteiger partial charge in [-0.25, -0.2) is 13.2 Å². The number of ether oxygens (including phenoxy) is 1. The predicted molar refractivity (Wildman–Crippen MR) is 92.3 cm³/mol. The Hall–Kier alpha value is -1.32. The van der Waals surface area contributed by atoms with Crippen LogP contribution in [0.2, 0.25) is 5.02 Å². The van der Waals surface area contributed by atoms with Gasteiger partial charge in [0.05, 0.1) is 11.6 Å². The number of amides is 1. The summed E-state index contributed by atoms with van der Waals surface area (Å²) in [6.07, 6.45) is -1.03. The summed E-state index contributed by atoms with van der Waals surface area (Å²) in [6, 6.07) is 4.87. The van der Waals surface area contributed by atoms with Crippen LogP contribution in [0.25, 0.3) is 0 Å². The molecule has 1 aliphatic heterocycles. The van der Waals surface area contributed by atoms with Gasteiger partial charge in [0, 0.05) is 22.8 Å². The van der Waals surface area contributed by atoms with Crippen LogP contribution in [0.4, 0.5) is 10.5 Å². The molecule has 24 heavy (non-hydrogen) atoms. The van der Waals surface area contributed by atoms with Crippen molar-refractivity contribution in [2.24, 2.45) is 0 Å². The number of anilines is 1. The Bertz CT molecular complexity index is 798. The number of carbonyl (C=O) groups is 2. The number of rotatable bonds is 5. The molecule has 2 unspecified atom stereocenters. The summed E-state index contributed by atoms with van der Waals surface area (Å²) in [4.78, 5) is 24.7. The molecule has 132 valence electrons. The first-order valence-electron chi connectivity index (χ1n) is 6.82. The van der Waals surface area contributed by atoms with Gasteiger partial charge in [-0.1, -0.05) is 11.6 Å². The Morgan fingerprint density at radius 3 is 2.67 bits per heavy atom. The van der Waals surface area contributed by atoms with Gasteiger partial charge in [-0.05, 0) is 41.1 Å². The molecule has 1 saturated heterocycles. The van der Waals surface area contributed by atoms with Crippen molar-refractivity contribution in [1.29, 1.82) is 0 Å². The lowest BCUT2D eigenvalue weighted by molar-refractivity contribution is -0.140. The van der Waals surface area contributed by atoms with Gasteiger partial charge in [-0.2, -0.15) is 0 Å². The highest BCUT2D eigenvalue weighted by atomic mass is 79.9. The largest absolute Gasteiger partial charge is 0.480 e. The van der Waals surface area contributed by atoms with E-state index in [0.29, 0.717) is 15.2 Å². The van der Waals surface area contributed by atoms with Gasteiger partial charge in [-0.15, -0.1) is 0 Å². The number of cyclic esters (lactones) is 1. The standard InChI is InChI=1S/C14H15BrClNO6S/c1-14(12(18)19,24(2,21)22)6-9-7-17(13(20)23-9)8-3-4-10(15)11(16)5-8/h3-5,9H,6-7H2,1-2H3,(H,18,19). The summed E-state index contributed by atoms with van der Waals surface area (Å²) in [5, 5.41) is 9.69. The fraction of sp³-hybridized carbons (Fsp3) is 0.429. The highest BCUT2D eigenvalue weighted by Crippen LogP contribution is 2.32. The van der Waals surface area contributed by atoms with E-state index in [1.165, 1.54) is 4.90 Å². The van der Waals surface area contributed by atoms with Gasteiger partial charge >= 0.3 is 12.1 Å². The molecule has 1 heterocycles. The molecule has 2 rings (SSSR count). The first-order chi connectivity index (χ1) is 11.0. The molecule has 1 aliphatic rings. The number of carboxylic acids is 1. The fourth-order valence-electron chi connectivity index (χ4n) is 2.32. The zero-order valence-corrected chi connectivity index (χ0v) is 16.0. The van der Waals surface area contributed by atoms with E-state index in [1.807, 2.05) is 0 Å². The minimum Gasteiger partial charge on any atom is -0.480 e. The zero-order chi connectivity index (χ0) is 18.3. The predicted octanol–water partition coefficient (Wildman–Crippen LogP) is 2.71. The molecule has 1 amide bonds. The number of hydrogen-bond donors (Lipinski definition) is 1. The Morgan fingerprint density at radius 1 is 1.54 bits per heavy atom. The monoisotopic (exact) mass is 439 g/mol. The third kappa shape index (κ3) is 3.52. The topological polar surface area (TPSA) is 101 Å². The van der Waals surface area contributed by atoms with Crippen molar-refractivity contribution in [1.82, 2.24) is 0 Å². The van der Waals surface area contributed by atoms with E-state index in [-0.39, 0.29) is 13.0 Å². The molecule has 0 spiro atoms. The Kier molecular flexibility index (Phi) is 5.17. The quantitative estimate of drug-likeness (QED) is 0.755. The van der Waals surface area contributed by atoms with Crippen molar-refractivity contribution < 1.29 is 27.9 Å². The Labute approximate surface area is 152 Å². The van der Waals surface area contributed by atoms with E-state index in [9.17, 15) is 23.1 Å². The summed E-state index contributed by atoms with van der Waals surface area (Å²) in [7, 11) is -3.90. The maximum absolute atomic E-state index is 12.0. The first-order valence-corrected chi connectivity index (χ1v) is 9.88. The number of hydrogen-bond acceptors (Lipinski definition) is 5. The van der Waals surface area contributed by atoms with E-state index in [0.717, 1.165) is 13.2 Å². The molecule has 7 nitrogen and oxygen atoms in total. The summed E-state index contributed by atoms with van der Waals surface area (Å²) in [6.45, 7) is 1.15. The van der Waals surface area contributed by atoms with Crippen molar-refractivity contribution >= 4 is 55.1 Å². The number of carboxylic acid groups (broad SMARTS) is 1. The maximum atomic E-state index is 12.0. The molecule has 1 aromatic rings. The normalized spacial score (nSPS) is 20.6.